The van der Waals surface area contributed by atoms with E-state index in [0.29, 0.717) is 54.2 Å². The number of rotatable bonds is 6. The highest BCUT2D eigenvalue weighted by Crippen LogP contribution is 2.37. The minimum atomic E-state index is -0.566. The first-order chi connectivity index (χ1) is 19.3. The summed E-state index contributed by atoms with van der Waals surface area (Å²) in [7, 11) is 0. The van der Waals surface area contributed by atoms with Gasteiger partial charge in [0.25, 0.3) is 5.91 Å². The first kappa shape index (κ1) is 25.5. The van der Waals surface area contributed by atoms with Crippen LogP contribution in [-0.4, -0.2) is 49.2 Å². The van der Waals surface area contributed by atoms with Crippen LogP contribution in [0.1, 0.15) is 31.7 Å². The number of hydrogen-bond donors (Lipinski definition) is 2. The molecule has 1 saturated carbocycles. The van der Waals surface area contributed by atoms with E-state index in [0.717, 1.165) is 12.8 Å². The highest BCUT2D eigenvalue weighted by molar-refractivity contribution is 5.99. The molecule has 6 rings (SSSR count). The molecule has 0 unspecified atom stereocenters. The van der Waals surface area contributed by atoms with Crippen LogP contribution in [0.3, 0.4) is 0 Å². The maximum atomic E-state index is 15.5. The van der Waals surface area contributed by atoms with Crippen LogP contribution in [0.15, 0.2) is 66.5 Å². The summed E-state index contributed by atoms with van der Waals surface area (Å²) < 4.78 is 22.9. The highest BCUT2D eigenvalue weighted by Gasteiger charge is 2.38. The second kappa shape index (κ2) is 10.1. The van der Waals surface area contributed by atoms with Crippen LogP contribution in [0.2, 0.25) is 0 Å². The number of nitrogens with zero attached hydrogens (tertiary/aromatic N) is 6. The summed E-state index contributed by atoms with van der Waals surface area (Å²) in [6.07, 6.45) is 5.84. The first-order valence-electron chi connectivity index (χ1n) is 13.1. The third-order valence-corrected chi connectivity index (χ3v) is 7.33. The Hall–Kier alpha value is -4.82. The van der Waals surface area contributed by atoms with Crippen molar-refractivity contribution in [3.05, 3.63) is 72.3 Å². The van der Waals surface area contributed by atoms with Crippen molar-refractivity contribution in [3.8, 4) is 28.8 Å². The third kappa shape index (κ3) is 4.85. The zero-order valence-electron chi connectivity index (χ0n) is 21.6. The van der Waals surface area contributed by atoms with E-state index in [-0.39, 0.29) is 28.9 Å². The summed E-state index contributed by atoms with van der Waals surface area (Å²) in [5.41, 5.74) is 12.8. The van der Waals surface area contributed by atoms with Gasteiger partial charge in [-0.05, 0) is 56.0 Å². The molecule has 4 aromatic rings. The van der Waals surface area contributed by atoms with Crippen molar-refractivity contribution in [2.75, 3.05) is 18.8 Å². The third-order valence-electron chi connectivity index (χ3n) is 7.33. The number of carbonyl (C=O) groups excluding carboxylic acids is 1. The van der Waals surface area contributed by atoms with Gasteiger partial charge in [-0.25, -0.2) is 19.0 Å². The predicted molar refractivity (Wildman–Crippen MR) is 146 cm³/mol. The van der Waals surface area contributed by atoms with E-state index >= 15 is 4.39 Å². The molecule has 1 atom stereocenters. The highest BCUT2D eigenvalue weighted by atomic mass is 19.1. The van der Waals surface area contributed by atoms with Crippen LogP contribution in [0.25, 0.3) is 22.3 Å². The minimum Gasteiger partial charge on any atom is -0.457 e. The number of nitrogens with two attached hydrogens (primary N) is 2. The number of benzene rings is 2. The van der Waals surface area contributed by atoms with E-state index in [1.54, 1.807) is 39.9 Å². The average Bonchev–Trinajstić information content (AvgIpc) is 3.57. The van der Waals surface area contributed by atoms with Crippen LogP contribution in [0.5, 0.6) is 11.5 Å². The molecule has 3 heterocycles. The smallest absolute Gasteiger partial charge is 0.264 e. The number of aromatic nitrogens is 4. The predicted octanol–water partition coefficient (Wildman–Crippen LogP) is 4.11. The second-order valence-electron chi connectivity index (χ2n) is 10.3. The number of piperidine rings is 1. The van der Waals surface area contributed by atoms with Crippen molar-refractivity contribution in [2.24, 2.45) is 5.73 Å². The molecule has 1 aliphatic carbocycles. The van der Waals surface area contributed by atoms with Crippen molar-refractivity contribution in [1.29, 1.82) is 5.26 Å². The first-order valence-corrected chi connectivity index (χ1v) is 13.1. The van der Waals surface area contributed by atoms with Gasteiger partial charge in [-0.1, -0.05) is 18.2 Å². The molecular weight excluding hydrogens is 511 g/mol. The van der Waals surface area contributed by atoms with Crippen LogP contribution in [-0.2, 0) is 4.79 Å². The topological polar surface area (TPSA) is 149 Å². The lowest BCUT2D eigenvalue weighted by molar-refractivity contribution is -0.128. The molecule has 0 spiro atoms. The molecule has 0 radical (unpaired) electrons. The Morgan fingerprint density at radius 3 is 2.70 bits per heavy atom. The van der Waals surface area contributed by atoms with E-state index in [2.05, 4.69) is 9.97 Å². The van der Waals surface area contributed by atoms with E-state index in [1.165, 1.54) is 12.4 Å². The molecule has 11 heteroatoms. The Balaban J connectivity index is 1.33. The van der Waals surface area contributed by atoms with Gasteiger partial charge >= 0.3 is 0 Å². The van der Waals surface area contributed by atoms with E-state index < -0.39 is 11.4 Å². The van der Waals surface area contributed by atoms with E-state index in [4.69, 9.17) is 21.3 Å². The number of para-hydroxylation sites is 1. The molecule has 2 fully saturated rings. The molecule has 40 heavy (non-hydrogen) atoms. The number of ether oxygens (including phenoxy) is 1. The maximum absolute atomic E-state index is 15.5. The Morgan fingerprint density at radius 1 is 1.18 bits per heavy atom. The molecule has 2 aromatic carbocycles. The SMILES string of the molecule is N#C/C(=C\C1(N)CC1)C(=O)N1CCC[C@H](n2nc(-c3ccc(Oc4ccccc4)cc3F)c3c(N)ncnc32)C1. The number of likely N-dealkylation sites (tertiary alicyclic amines) is 1. The zero-order chi connectivity index (χ0) is 27.9. The fourth-order valence-electron chi connectivity index (χ4n) is 5.04. The maximum Gasteiger partial charge on any atom is 0.264 e. The average molecular weight is 539 g/mol. The lowest BCUT2D eigenvalue weighted by atomic mass is 10.0. The zero-order valence-corrected chi connectivity index (χ0v) is 21.6. The second-order valence-corrected chi connectivity index (χ2v) is 10.3. The van der Waals surface area contributed by atoms with Gasteiger partial charge in [0.2, 0.25) is 0 Å². The number of amides is 1. The normalized spacial score (nSPS) is 18.4. The van der Waals surface area contributed by atoms with Crippen molar-refractivity contribution >= 4 is 22.8 Å². The molecule has 1 aliphatic heterocycles. The van der Waals surface area contributed by atoms with Gasteiger partial charge in [0, 0.05) is 30.3 Å². The number of carbonyl (C=O) groups is 1. The van der Waals surface area contributed by atoms with Gasteiger partial charge in [-0.3, -0.25) is 4.79 Å². The van der Waals surface area contributed by atoms with Gasteiger partial charge in [0.05, 0.1) is 11.4 Å². The molecule has 2 aromatic heterocycles. The summed E-state index contributed by atoms with van der Waals surface area (Å²) >= 11 is 0. The summed E-state index contributed by atoms with van der Waals surface area (Å²) in [4.78, 5) is 23.4. The number of halogens is 1. The Labute approximate surface area is 229 Å². The van der Waals surface area contributed by atoms with Gasteiger partial charge in [0.15, 0.2) is 5.65 Å². The summed E-state index contributed by atoms with van der Waals surface area (Å²) in [5.74, 6) is 0.213. The van der Waals surface area contributed by atoms with Gasteiger partial charge in [0.1, 0.15) is 46.8 Å². The molecule has 10 nitrogen and oxygen atoms in total. The van der Waals surface area contributed by atoms with Crippen molar-refractivity contribution in [3.63, 3.8) is 0 Å². The molecule has 202 valence electrons. The Bertz CT molecular complexity index is 1670. The summed E-state index contributed by atoms with van der Waals surface area (Å²) in [6.45, 7) is 0.814. The van der Waals surface area contributed by atoms with Crippen LogP contribution >= 0.6 is 0 Å². The fraction of sp³-hybridized carbons (Fsp3) is 0.276. The molecule has 2 aliphatic rings. The Morgan fingerprint density at radius 2 is 1.98 bits per heavy atom. The summed E-state index contributed by atoms with van der Waals surface area (Å²) in [6, 6.07) is 15.4. The summed E-state index contributed by atoms with van der Waals surface area (Å²) in [5, 5.41) is 14.8. The largest absolute Gasteiger partial charge is 0.457 e. The molecular formula is C29H27FN8O2. The Kier molecular flexibility index (Phi) is 6.40. The fourth-order valence-corrected chi connectivity index (χ4v) is 5.04. The quantitative estimate of drug-likeness (QED) is 0.275. The number of anilines is 1. The van der Waals surface area contributed by atoms with Crippen molar-refractivity contribution in [2.45, 2.75) is 37.3 Å². The van der Waals surface area contributed by atoms with Gasteiger partial charge in [-0.15, -0.1) is 0 Å². The van der Waals surface area contributed by atoms with Crippen molar-refractivity contribution < 1.29 is 13.9 Å². The standard InChI is InChI=1S/C29H27FN8O2/c30-23-13-21(40-20-6-2-1-3-7-20)8-9-22(23)25-24-26(32)34-17-35-27(24)38(36-25)19-5-4-12-37(16-19)28(39)18(15-31)14-29(33)10-11-29/h1-3,6-9,13-14,17,19H,4-5,10-12,16,33H2,(H2,32,34,35)/b18-14+/t19-/m0/s1. The monoisotopic (exact) mass is 538 g/mol. The van der Waals surface area contributed by atoms with Crippen LogP contribution < -0.4 is 16.2 Å². The van der Waals surface area contributed by atoms with Gasteiger partial charge in [-0.2, -0.15) is 10.4 Å². The molecule has 1 saturated heterocycles. The molecule has 4 N–H and O–H groups in total. The number of hydrogen-bond acceptors (Lipinski definition) is 8. The van der Waals surface area contributed by atoms with Crippen LogP contribution in [0, 0.1) is 17.1 Å². The van der Waals surface area contributed by atoms with E-state index in [9.17, 15) is 10.1 Å². The van der Waals surface area contributed by atoms with E-state index in [1.807, 2.05) is 24.3 Å². The number of nitriles is 1. The molecule has 0 bridgehead atoms. The van der Waals surface area contributed by atoms with Crippen molar-refractivity contribution in [1.82, 2.24) is 24.6 Å². The number of nitrogen functional groups attached to an aromatic ring is 1. The lowest BCUT2D eigenvalue weighted by Gasteiger charge is -2.33. The lowest BCUT2D eigenvalue weighted by Crippen LogP contribution is -2.42. The number of fused-ring (bicyclic) bond motifs is 1. The minimum absolute atomic E-state index is 0.0538. The molecule has 1 amide bonds. The van der Waals surface area contributed by atoms with Gasteiger partial charge < -0.3 is 21.1 Å². The van der Waals surface area contributed by atoms with Crippen LogP contribution in [0.4, 0.5) is 10.2 Å².